The summed E-state index contributed by atoms with van der Waals surface area (Å²) in [6.07, 6.45) is 26.7. The molecule has 156 valence electrons. The largest absolute Gasteiger partial charge is 0.481 e. The van der Waals surface area contributed by atoms with Gasteiger partial charge in [-0.3, -0.25) is 4.79 Å². The Morgan fingerprint density at radius 2 is 1.11 bits per heavy atom. The highest BCUT2D eigenvalue weighted by Gasteiger charge is 1.96. The van der Waals surface area contributed by atoms with E-state index in [0.717, 1.165) is 12.8 Å². The number of hydrogen-bond acceptors (Lipinski definition) is 1. The van der Waals surface area contributed by atoms with Crippen molar-refractivity contribution in [2.24, 2.45) is 0 Å². The number of benzene rings is 1. The average molecular weight is 385 g/mol. The summed E-state index contributed by atoms with van der Waals surface area (Å²) >= 11 is 0. The molecule has 2 heteroatoms. The highest BCUT2D eigenvalue weighted by atomic mass is 16.4. The number of allylic oxidation sites excluding steroid dienone is 3. The molecular weight excluding hydrogens is 344 g/mol. The molecule has 0 radical (unpaired) electrons. The maximum absolute atomic E-state index is 10.4. The molecule has 0 bridgehead atoms. The summed E-state index contributed by atoms with van der Waals surface area (Å²) in [7, 11) is 0. The first-order valence-electron chi connectivity index (χ1n) is 11.4. The van der Waals surface area contributed by atoms with Crippen LogP contribution in [-0.2, 0) is 4.79 Å². The monoisotopic (exact) mass is 384 g/mol. The van der Waals surface area contributed by atoms with E-state index in [4.69, 9.17) is 5.11 Å². The van der Waals surface area contributed by atoms with Crippen molar-refractivity contribution in [3.05, 3.63) is 54.1 Å². The summed E-state index contributed by atoms with van der Waals surface area (Å²) < 4.78 is 0. The van der Waals surface area contributed by atoms with Crippen LogP contribution < -0.4 is 0 Å². The van der Waals surface area contributed by atoms with Gasteiger partial charge < -0.3 is 5.11 Å². The lowest BCUT2D eigenvalue weighted by molar-refractivity contribution is -0.137. The Balaban J connectivity index is 1.77. The van der Waals surface area contributed by atoms with Gasteiger partial charge in [-0.2, -0.15) is 0 Å². The summed E-state index contributed by atoms with van der Waals surface area (Å²) in [5.41, 5.74) is 1.30. The van der Waals surface area contributed by atoms with E-state index in [-0.39, 0.29) is 0 Å². The molecule has 1 aromatic rings. The molecular formula is C26H40O2. The minimum Gasteiger partial charge on any atom is -0.481 e. The molecule has 0 aliphatic heterocycles. The summed E-state index contributed by atoms with van der Waals surface area (Å²) in [4.78, 5) is 10.4. The molecule has 0 atom stereocenters. The number of carboxylic acids is 1. The number of carbonyl (C=O) groups is 1. The van der Waals surface area contributed by atoms with Gasteiger partial charge in [0, 0.05) is 6.42 Å². The zero-order chi connectivity index (χ0) is 20.1. The van der Waals surface area contributed by atoms with Gasteiger partial charge in [-0.1, -0.05) is 99.6 Å². The van der Waals surface area contributed by atoms with Crippen molar-refractivity contribution in [1.82, 2.24) is 0 Å². The topological polar surface area (TPSA) is 37.3 Å². The molecule has 0 spiro atoms. The second-order valence-corrected chi connectivity index (χ2v) is 7.68. The van der Waals surface area contributed by atoms with E-state index in [2.05, 4.69) is 54.6 Å². The predicted octanol–water partition coefficient (Wildman–Crippen LogP) is 8.19. The molecule has 0 amide bonds. The van der Waals surface area contributed by atoms with Crippen molar-refractivity contribution in [1.29, 1.82) is 0 Å². The molecule has 0 saturated carbocycles. The fourth-order valence-electron chi connectivity index (χ4n) is 3.32. The van der Waals surface area contributed by atoms with Crippen molar-refractivity contribution in [3.63, 3.8) is 0 Å². The molecule has 1 aromatic carbocycles. The van der Waals surface area contributed by atoms with Gasteiger partial charge in [0.25, 0.3) is 0 Å². The number of unbranched alkanes of at least 4 members (excludes halogenated alkanes) is 12. The zero-order valence-corrected chi connectivity index (χ0v) is 17.7. The number of aliphatic carboxylic acids is 1. The van der Waals surface area contributed by atoms with Gasteiger partial charge >= 0.3 is 5.97 Å². The Morgan fingerprint density at radius 3 is 1.64 bits per heavy atom. The maximum Gasteiger partial charge on any atom is 0.303 e. The highest BCUT2D eigenvalue weighted by molar-refractivity contribution is 5.66. The fraction of sp³-hybridized carbons (Fsp3) is 0.577. The van der Waals surface area contributed by atoms with Crippen LogP contribution in [0.4, 0.5) is 0 Å². The Labute approximate surface area is 172 Å². The van der Waals surface area contributed by atoms with Crippen LogP contribution in [0.1, 0.15) is 102 Å². The van der Waals surface area contributed by atoms with Crippen LogP contribution in [0.15, 0.2) is 48.6 Å². The molecule has 0 aliphatic carbocycles. The summed E-state index contributed by atoms with van der Waals surface area (Å²) in [6.45, 7) is 0. The molecule has 1 N–H and O–H groups in total. The van der Waals surface area contributed by atoms with Crippen molar-refractivity contribution in [2.75, 3.05) is 0 Å². The van der Waals surface area contributed by atoms with E-state index in [1.165, 1.54) is 82.6 Å². The first-order valence-corrected chi connectivity index (χ1v) is 11.4. The summed E-state index contributed by atoms with van der Waals surface area (Å²) in [5.74, 6) is -0.668. The highest BCUT2D eigenvalue weighted by Crippen LogP contribution is 2.11. The number of carboxylic acid groups (broad SMARTS) is 1. The van der Waals surface area contributed by atoms with Gasteiger partial charge in [0.1, 0.15) is 0 Å². The van der Waals surface area contributed by atoms with Crippen LogP contribution in [0.3, 0.4) is 0 Å². The minimum absolute atomic E-state index is 0.325. The lowest BCUT2D eigenvalue weighted by atomic mass is 10.1. The van der Waals surface area contributed by atoms with E-state index in [1.54, 1.807) is 0 Å². The maximum atomic E-state index is 10.4. The lowest BCUT2D eigenvalue weighted by Crippen LogP contribution is -1.93. The Bertz CT molecular complexity index is 531. The van der Waals surface area contributed by atoms with Gasteiger partial charge in [-0.25, -0.2) is 0 Å². The van der Waals surface area contributed by atoms with Crippen LogP contribution in [0.25, 0.3) is 6.08 Å². The van der Waals surface area contributed by atoms with Gasteiger partial charge in [0.05, 0.1) is 0 Å². The van der Waals surface area contributed by atoms with Crippen LogP contribution >= 0.6 is 0 Å². The van der Waals surface area contributed by atoms with E-state index in [1.807, 2.05) is 0 Å². The van der Waals surface area contributed by atoms with E-state index < -0.39 is 5.97 Å². The predicted molar refractivity (Wildman–Crippen MR) is 122 cm³/mol. The SMILES string of the molecule is O=C(O)CCCCCCCC=CCCCCCCCCC=Cc1ccccc1. The van der Waals surface area contributed by atoms with Gasteiger partial charge in [-0.05, 0) is 50.5 Å². The normalized spacial score (nSPS) is 11.6. The van der Waals surface area contributed by atoms with Crippen molar-refractivity contribution >= 4 is 12.0 Å². The van der Waals surface area contributed by atoms with Gasteiger partial charge in [0.2, 0.25) is 0 Å². The molecule has 0 fully saturated rings. The summed E-state index contributed by atoms with van der Waals surface area (Å²) in [6, 6.07) is 10.5. The molecule has 0 aromatic heterocycles. The second-order valence-electron chi connectivity index (χ2n) is 7.68. The molecule has 28 heavy (non-hydrogen) atoms. The Hall–Kier alpha value is -1.83. The molecule has 0 aliphatic rings. The smallest absolute Gasteiger partial charge is 0.303 e. The Kier molecular flexibility index (Phi) is 16.0. The quantitative estimate of drug-likeness (QED) is 0.204. The van der Waals surface area contributed by atoms with Crippen molar-refractivity contribution in [3.8, 4) is 0 Å². The first kappa shape index (κ1) is 24.2. The molecule has 1 rings (SSSR count). The van der Waals surface area contributed by atoms with Crippen LogP contribution in [0.5, 0.6) is 0 Å². The van der Waals surface area contributed by atoms with Crippen molar-refractivity contribution in [2.45, 2.75) is 96.3 Å². The number of rotatable bonds is 18. The van der Waals surface area contributed by atoms with Gasteiger partial charge in [0.15, 0.2) is 0 Å². The third-order valence-corrected chi connectivity index (χ3v) is 5.03. The van der Waals surface area contributed by atoms with Crippen LogP contribution in [0, 0.1) is 0 Å². The zero-order valence-electron chi connectivity index (χ0n) is 17.7. The van der Waals surface area contributed by atoms with Crippen molar-refractivity contribution < 1.29 is 9.90 Å². The van der Waals surface area contributed by atoms with E-state index in [0.29, 0.717) is 6.42 Å². The summed E-state index contributed by atoms with van der Waals surface area (Å²) in [5, 5.41) is 8.57. The number of hydrogen-bond donors (Lipinski definition) is 1. The third kappa shape index (κ3) is 16.4. The molecule has 0 heterocycles. The average Bonchev–Trinajstić information content (AvgIpc) is 2.70. The Morgan fingerprint density at radius 1 is 0.643 bits per heavy atom. The van der Waals surface area contributed by atoms with Gasteiger partial charge in [-0.15, -0.1) is 0 Å². The standard InChI is InChI=1S/C26H40O2/c27-26(28)24-20-15-13-11-9-7-5-3-1-2-4-6-8-10-12-14-17-21-25-22-18-16-19-23-25/h3,5,16-19,21-23H,1-2,4,6-15,20,24H2,(H,27,28). The van der Waals surface area contributed by atoms with E-state index >= 15 is 0 Å². The fourth-order valence-corrected chi connectivity index (χ4v) is 3.32. The lowest BCUT2D eigenvalue weighted by Gasteiger charge is -2.00. The van der Waals surface area contributed by atoms with E-state index in [9.17, 15) is 4.79 Å². The van der Waals surface area contributed by atoms with Crippen LogP contribution in [-0.4, -0.2) is 11.1 Å². The molecule has 0 unspecified atom stereocenters. The first-order chi connectivity index (χ1) is 13.8. The molecule has 0 saturated heterocycles. The minimum atomic E-state index is -0.668. The van der Waals surface area contributed by atoms with Crippen LogP contribution in [0.2, 0.25) is 0 Å². The second kappa shape index (κ2) is 18.5. The third-order valence-electron chi connectivity index (χ3n) is 5.03. The molecule has 2 nitrogen and oxygen atoms in total.